The monoisotopic (exact) mass is 339 g/mol. The molecule has 0 saturated heterocycles. The largest absolute Gasteiger partial charge is 0.310 e. The lowest BCUT2D eigenvalue weighted by atomic mass is 9.98. The quantitative estimate of drug-likeness (QED) is 0.733. The zero-order chi connectivity index (χ0) is 15.0. The zero-order valence-corrected chi connectivity index (χ0v) is 14.0. The highest BCUT2D eigenvalue weighted by molar-refractivity contribution is 6.41. The van der Waals surface area contributed by atoms with Crippen molar-refractivity contribution in [1.82, 2.24) is 5.32 Å². The van der Waals surface area contributed by atoms with E-state index in [1.165, 1.54) is 18.4 Å². The van der Waals surface area contributed by atoms with Crippen LogP contribution < -0.4 is 5.32 Å². The summed E-state index contributed by atoms with van der Waals surface area (Å²) in [4.78, 5) is 0. The van der Waals surface area contributed by atoms with E-state index < -0.39 is 0 Å². The molecular weight excluding hydrogens is 325 g/mol. The molecule has 21 heavy (non-hydrogen) atoms. The fourth-order valence-corrected chi connectivity index (χ4v) is 3.42. The summed E-state index contributed by atoms with van der Waals surface area (Å²) in [6.45, 7) is 2.94. The molecule has 1 fully saturated rings. The van der Waals surface area contributed by atoms with Crippen molar-refractivity contribution in [3.05, 3.63) is 56.5 Å². The van der Waals surface area contributed by atoms with Crippen LogP contribution in [-0.2, 0) is 6.54 Å². The third-order valence-corrected chi connectivity index (χ3v) is 4.56. The molecule has 2 aromatic carbocycles. The SMILES string of the molecule is Cc1ccc(CNC2CC2)cc1-c1c(Cl)cc(Cl)cc1Cl. The van der Waals surface area contributed by atoms with Crippen molar-refractivity contribution < 1.29 is 0 Å². The number of nitrogens with one attached hydrogen (secondary N) is 1. The van der Waals surface area contributed by atoms with E-state index in [2.05, 4.69) is 30.4 Å². The first-order valence-corrected chi connectivity index (χ1v) is 8.16. The summed E-state index contributed by atoms with van der Waals surface area (Å²) < 4.78 is 0. The van der Waals surface area contributed by atoms with Crippen LogP contribution in [0.25, 0.3) is 11.1 Å². The van der Waals surface area contributed by atoms with Gasteiger partial charge in [-0.3, -0.25) is 0 Å². The van der Waals surface area contributed by atoms with Gasteiger partial charge in [0.25, 0.3) is 0 Å². The van der Waals surface area contributed by atoms with Gasteiger partial charge in [-0.2, -0.15) is 0 Å². The number of aryl methyl sites for hydroxylation is 1. The van der Waals surface area contributed by atoms with Crippen LogP contribution in [0.1, 0.15) is 24.0 Å². The van der Waals surface area contributed by atoms with Gasteiger partial charge in [0.2, 0.25) is 0 Å². The molecular formula is C17H16Cl3N. The van der Waals surface area contributed by atoms with E-state index in [-0.39, 0.29) is 0 Å². The number of benzene rings is 2. The first-order valence-electron chi connectivity index (χ1n) is 7.02. The standard InChI is InChI=1S/C17H16Cl3N/c1-10-2-3-11(9-21-13-4-5-13)6-14(10)17-15(19)7-12(18)8-16(17)20/h2-3,6-8,13,21H,4-5,9H2,1H3. The van der Waals surface area contributed by atoms with Gasteiger partial charge in [-0.05, 0) is 54.7 Å². The minimum Gasteiger partial charge on any atom is -0.310 e. The third kappa shape index (κ3) is 3.54. The van der Waals surface area contributed by atoms with Gasteiger partial charge < -0.3 is 5.32 Å². The molecule has 3 rings (SSSR count). The molecule has 4 heteroatoms. The second-order valence-electron chi connectivity index (χ2n) is 5.55. The van der Waals surface area contributed by atoms with Gasteiger partial charge in [0, 0.05) is 23.2 Å². The molecule has 0 aromatic heterocycles. The molecule has 0 radical (unpaired) electrons. The van der Waals surface area contributed by atoms with Crippen LogP contribution in [0.3, 0.4) is 0 Å². The van der Waals surface area contributed by atoms with Crippen LogP contribution in [0.2, 0.25) is 15.1 Å². The van der Waals surface area contributed by atoms with Crippen LogP contribution >= 0.6 is 34.8 Å². The minimum atomic E-state index is 0.554. The van der Waals surface area contributed by atoms with E-state index in [0.717, 1.165) is 23.2 Å². The van der Waals surface area contributed by atoms with E-state index in [4.69, 9.17) is 34.8 Å². The first-order chi connectivity index (χ1) is 10.0. The highest BCUT2D eigenvalue weighted by Gasteiger charge is 2.20. The topological polar surface area (TPSA) is 12.0 Å². The summed E-state index contributed by atoms with van der Waals surface area (Å²) in [6.07, 6.45) is 2.57. The number of halogens is 3. The molecule has 110 valence electrons. The van der Waals surface area contributed by atoms with Crippen LogP contribution in [0, 0.1) is 6.92 Å². The molecule has 0 heterocycles. The number of rotatable bonds is 4. The lowest BCUT2D eigenvalue weighted by molar-refractivity contribution is 0.688. The second-order valence-corrected chi connectivity index (χ2v) is 6.80. The van der Waals surface area contributed by atoms with Gasteiger partial charge in [0.1, 0.15) is 0 Å². The maximum Gasteiger partial charge on any atom is 0.0514 e. The van der Waals surface area contributed by atoms with E-state index in [9.17, 15) is 0 Å². The number of hydrogen-bond donors (Lipinski definition) is 1. The molecule has 2 aromatic rings. The van der Waals surface area contributed by atoms with Gasteiger partial charge in [0.15, 0.2) is 0 Å². The van der Waals surface area contributed by atoms with E-state index >= 15 is 0 Å². The highest BCUT2D eigenvalue weighted by atomic mass is 35.5. The average Bonchev–Trinajstić information content (AvgIpc) is 3.22. The maximum atomic E-state index is 6.35. The van der Waals surface area contributed by atoms with Gasteiger partial charge in [0.05, 0.1) is 10.0 Å². The Labute approximate surface area is 140 Å². The first kappa shape index (κ1) is 15.2. The van der Waals surface area contributed by atoms with Gasteiger partial charge >= 0.3 is 0 Å². The molecule has 1 aliphatic rings. The van der Waals surface area contributed by atoms with Crippen LogP contribution in [0.5, 0.6) is 0 Å². The Morgan fingerprint density at radius 2 is 1.71 bits per heavy atom. The van der Waals surface area contributed by atoms with E-state index in [1.54, 1.807) is 12.1 Å². The Morgan fingerprint density at radius 1 is 1.05 bits per heavy atom. The summed E-state index contributed by atoms with van der Waals surface area (Å²) >= 11 is 18.7. The molecule has 1 nitrogen and oxygen atoms in total. The van der Waals surface area contributed by atoms with Crippen molar-refractivity contribution in [3.63, 3.8) is 0 Å². The maximum absolute atomic E-state index is 6.35. The normalized spacial score (nSPS) is 14.5. The molecule has 0 aliphatic heterocycles. The van der Waals surface area contributed by atoms with Gasteiger partial charge in [-0.15, -0.1) is 0 Å². The van der Waals surface area contributed by atoms with E-state index in [1.807, 2.05) is 0 Å². The summed E-state index contributed by atoms with van der Waals surface area (Å²) in [6, 6.07) is 10.6. The Morgan fingerprint density at radius 3 is 2.33 bits per heavy atom. The molecule has 1 saturated carbocycles. The summed E-state index contributed by atoms with van der Waals surface area (Å²) in [7, 11) is 0. The summed E-state index contributed by atoms with van der Waals surface area (Å²) in [5.74, 6) is 0. The van der Waals surface area contributed by atoms with Crippen LogP contribution in [0.4, 0.5) is 0 Å². The average molecular weight is 341 g/mol. The van der Waals surface area contributed by atoms with Crippen molar-refractivity contribution in [2.75, 3.05) is 0 Å². The van der Waals surface area contributed by atoms with E-state index in [0.29, 0.717) is 21.1 Å². The Kier molecular flexibility index (Phi) is 4.46. The molecule has 0 atom stereocenters. The van der Waals surface area contributed by atoms with Crippen molar-refractivity contribution in [3.8, 4) is 11.1 Å². The van der Waals surface area contributed by atoms with Gasteiger partial charge in [-0.1, -0.05) is 46.9 Å². The molecule has 1 N–H and O–H groups in total. The van der Waals surface area contributed by atoms with Crippen LogP contribution in [-0.4, -0.2) is 6.04 Å². The molecule has 1 aliphatic carbocycles. The fraction of sp³-hybridized carbons (Fsp3) is 0.294. The second kappa shape index (κ2) is 6.18. The van der Waals surface area contributed by atoms with Crippen molar-refractivity contribution in [2.45, 2.75) is 32.4 Å². The lowest BCUT2D eigenvalue weighted by Crippen LogP contribution is -2.15. The molecule has 0 unspecified atom stereocenters. The number of hydrogen-bond acceptors (Lipinski definition) is 1. The fourth-order valence-electron chi connectivity index (χ4n) is 2.40. The molecule has 0 amide bonds. The molecule has 0 bridgehead atoms. The third-order valence-electron chi connectivity index (χ3n) is 3.75. The zero-order valence-electron chi connectivity index (χ0n) is 11.7. The van der Waals surface area contributed by atoms with Crippen LogP contribution in [0.15, 0.2) is 30.3 Å². The smallest absolute Gasteiger partial charge is 0.0514 e. The summed E-state index contributed by atoms with van der Waals surface area (Å²) in [5.41, 5.74) is 4.31. The van der Waals surface area contributed by atoms with Gasteiger partial charge in [-0.25, -0.2) is 0 Å². The lowest BCUT2D eigenvalue weighted by Gasteiger charge is -2.13. The predicted octanol–water partition coefficient (Wildman–Crippen LogP) is 5.87. The Hall–Kier alpha value is -0.730. The highest BCUT2D eigenvalue weighted by Crippen LogP contribution is 2.39. The minimum absolute atomic E-state index is 0.554. The Balaban J connectivity index is 1.98. The van der Waals surface area contributed by atoms with Crippen molar-refractivity contribution in [1.29, 1.82) is 0 Å². The van der Waals surface area contributed by atoms with Crippen molar-refractivity contribution >= 4 is 34.8 Å². The molecule has 0 spiro atoms. The summed E-state index contributed by atoms with van der Waals surface area (Å²) in [5, 5.41) is 5.25. The Bertz CT molecular complexity index is 655. The van der Waals surface area contributed by atoms with Crippen molar-refractivity contribution in [2.24, 2.45) is 0 Å². The predicted molar refractivity (Wildman–Crippen MR) is 91.5 cm³/mol.